The second-order valence-electron chi connectivity index (χ2n) is 5.44. The molecule has 0 heterocycles. The van der Waals surface area contributed by atoms with Crippen LogP contribution in [0.1, 0.15) is 5.56 Å². The first kappa shape index (κ1) is 16.3. The van der Waals surface area contributed by atoms with Crippen molar-refractivity contribution in [2.75, 3.05) is 5.75 Å². The molecule has 0 aliphatic carbocycles. The van der Waals surface area contributed by atoms with E-state index in [1.165, 1.54) is 11.1 Å². The van der Waals surface area contributed by atoms with Gasteiger partial charge < -0.3 is 5.32 Å². The van der Waals surface area contributed by atoms with Gasteiger partial charge in [0.15, 0.2) is 0 Å². The fourth-order valence-electron chi connectivity index (χ4n) is 2.36. The molecule has 1 amide bonds. The third-order valence-electron chi connectivity index (χ3n) is 3.66. The Morgan fingerprint density at radius 2 is 1.33 bits per heavy atom. The minimum Gasteiger partial charge on any atom is -0.351 e. The van der Waals surface area contributed by atoms with Crippen molar-refractivity contribution in [1.29, 1.82) is 0 Å². The van der Waals surface area contributed by atoms with E-state index in [0.717, 1.165) is 10.5 Å². The smallest absolute Gasteiger partial charge is 0.230 e. The van der Waals surface area contributed by atoms with Gasteiger partial charge in [0, 0.05) is 11.4 Å². The van der Waals surface area contributed by atoms with E-state index in [4.69, 9.17) is 0 Å². The molecule has 0 fully saturated rings. The van der Waals surface area contributed by atoms with Crippen LogP contribution < -0.4 is 5.32 Å². The Balaban J connectivity index is 1.49. The van der Waals surface area contributed by atoms with E-state index < -0.39 is 0 Å². The standard InChI is InChI=1S/C21H19NOS/c23-21(16-24-20-9-5-2-6-10-20)22-15-17-11-13-19(14-12-17)18-7-3-1-4-8-18/h1-14H,15-16H2,(H,22,23). The highest BCUT2D eigenvalue weighted by molar-refractivity contribution is 8.00. The summed E-state index contributed by atoms with van der Waals surface area (Å²) in [6.45, 7) is 0.559. The predicted octanol–water partition coefficient (Wildman–Crippen LogP) is 4.76. The van der Waals surface area contributed by atoms with E-state index in [9.17, 15) is 4.79 Å². The van der Waals surface area contributed by atoms with Crippen molar-refractivity contribution in [3.63, 3.8) is 0 Å². The first-order valence-corrected chi connectivity index (χ1v) is 8.89. The van der Waals surface area contributed by atoms with Gasteiger partial charge in [-0.3, -0.25) is 4.79 Å². The molecular weight excluding hydrogens is 314 g/mol. The molecule has 24 heavy (non-hydrogen) atoms. The normalized spacial score (nSPS) is 10.3. The van der Waals surface area contributed by atoms with Crippen LogP contribution in [0.4, 0.5) is 0 Å². The van der Waals surface area contributed by atoms with Crippen LogP contribution in [0.5, 0.6) is 0 Å². The van der Waals surface area contributed by atoms with E-state index in [-0.39, 0.29) is 5.91 Å². The minimum absolute atomic E-state index is 0.0518. The number of amides is 1. The average molecular weight is 333 g/mol. The minimum atomic E-state index is 0.0518. The third-order valence-corrected chi connectivity index (χ3v) is 4.68. The van der Waals surface area contributed by atoms with Gasteiger partial charge in [0.05, 0.1) is 5.75 Å². The first-order chi connectivity index (χ1) is 11.8. The van der Waals surface area contributed by atoms with Crippen LogP contribution in [0.25, 0.3) is 11.1 Å². The highest BCUT2D eigenvalue weighted by Crippen LogP contribution is 2.19. The van der Waals surface area contributed by atoms with Crippen LogP contribution in [0.2, 0.25) is 0 Å². The topological polar surface area (TPSA) is 29.1 Å². The first-order valence-electron chi connectivity index (χ1n) is 7.90. The molecule has 120 valence electrons. The molecule has 2 nitrogen and oxygen atoms in total. The molecule has 3 aromatic carbocycles. The summed E-state index contributed by atoms with van der Waals surface area (Å²) in [6, 6.07) is 28.6. The van der Waals surface area contributed by atoms with E-state index in [1.54, 1.807) is 11.8 Å². The molecule has 0 aromatic heterocycles. The van der Waals surface area contributed by atoms with Gasteiger partial charge in [0.1, 0.15) is 0 Å². The Bertz CT molecular complexity index is 770. The van der Waals surface area contributed by atoms with Crippen molar-refractivity contribution in [3.05, 3.63) is 90.5 Å². The highest BCUT2D eigenvalue weighted by Gasteiger charge is 2.03. The lowest BCUT2D eigenvalue weighted by Gasteiger charge is -2.07. The van der Waals surface area contributed by atoms with E-state index in [2.05, 4.69) is 41.7 Å². The molecule has 0 saturated heterocycles. The molecular formula is C21H19NOS. The number of hydrogen-bond donors (Lipinski definition) is 1. The number of hydrogen-bond acceptors (Lipinski definition) is 2. The lowest BCUT2D eigenvalue weighted by atomic mass is 10.0. The Hall–Kier alpha value is -2.52. The molecule has 0 unspecified atom stereocenters. The fourth-order valence-corrected chi connectivity index (χ4v) is 3.11. The average Bonchev–Trinajstić information content (AvgIpc) is 2.67. The SMILES string of the molecule is O=C(CSc1ccccc1)NCc1ccc(-c2ccccc2)cc1. The van der Waals surface area contributed by atoms with Crippen LogP contribution in [0.15, 0.2) is 89.8 Å². The molecule has 3 rings (SSSR count). The largest absolute Gasteiger partial charge is 0.351 e. The van der Waals surface area contributed by atoms with Crippen molar-refractivity contribution in [1.82, 2.24) is 5.32 Å². The van der Waals surface area contributed by atoms with Crippen molar-refractivity contribution >= 4 is 17.7 Å². The second-order valence-corrected chi connectivity index (χ2v) is 6.49. The third kappa shape index (κ3) is 4.74. The van der Waals surface area contributed by atoms with Crippen molar-refractivity contribution < 1.29 is 4.79 Å². The van der Waals surface area contributed by atoms with Crippen LogP contribution >= 0.6 is 11.8 Å². The number of rotatable bonds is 6. The van der Waals surface area contributed by atoms with Gasteiger partial charge in [-0.1, -0.05) is 72.8 Å². The maximum absolute atomic E-state index is 11.9. The van der Waals surface area contributed by atoms with Crippen LogP contribution in [-0.2, 0) is 11.3 Å². The van der Waals surface area contributed by atoms with Crippen molar-refractivity contribution in [2.45, 2.75) is 11.4 Å². The summed E-state index contributed by atoms with van der Waals surface area (Å²) in [5.74, 6) is 0.488. The molecule has 0 spiro atoms. The van der Waals surface area contributed by atoms with Crippen LogP contribution in [0.3, 0.4) is 0 Å². The van der Waals surface area contributed by atoms with E-state index in [1.807, 2.05) is 48.5 Å². The van der Waals surface area contributed by atoms with Gasteiger partial charge in [-0.2, -0.15) is 0 Å². The molecule has 0 radical (unpaired) electrons. The predicted molar refractivity (Wildman–Crippen MR) is 101 cm³/mol. The summed E-state index contributed by atoms with van der Waals surface area (Å²) in [7, 11) is 0. The number of benzene rings is 3. The van der Waals surface area contributed by atoms with Gasteiger partial charge in [-0.25, -0.2) is 0 Å². The zero-order valence-corrected chi connectivity index (χ0v) is 14.1. The van der Waals surface area contributed by atoms with Gasteiger partial charge in [0.25, 0.3) is 0 Å². The second kappa shape index (κ2) is 8.37. The molecule has 0 aliphatic heterocycles. The Labute approximate surface area is 146 Å². The van der Waals surface area contributed by atoms with Gasteiger partial charge >= 0.3 is 0 Å². The Morgan fingerprint density at radius 1 is 0.750 bits per heavy atom. The molecule has 0 bridgehead atoms. The van der Waals surface area contributed by atoms with Crippen molar-refractivity contribution in [2.24, 2.45) is 0 Å². The summed E-state index contributed by atoms with van der Waals surface area (Å²) in [5, 5.41) is 2.97. The van der Waals surface area contributed by atoms with E-state index in [0.29, 0.717) is 12.3 Å². The molecule has 0 saturated carbocycles. The maximum atomic E-state index is 11.9. The van der Waals surface area contributed by atoms with Gasteiger partial charge in [-0.15, -0.1) is 11.8 Å². The zero-order valence-electron chi connectivity index (χ0n) is 13.3. The quantitative estimate of drug-likeness (QED) is 0.659. The van der Waals surface area contributed by atoms with Gasteiger partial charge in [0.2, 0.25) is 5.91 Å². The van der Waals surface area contributed by atoms with Gasteiger partial charge in [-0.05, 0) is 28.8 Å². The highest BCUT2D eigenvalue weighted by atomic mass is 32.2. The van der Waals surface area contributed by atoms with Crippen molar-refractivity contribution in [3.8, 4) is 11.1 Å². The number of carbonyl (C=O) groups excluding carboxylic acids is 1. The summed E-state index contributed by atoms with van der Waals surface area (Å²) in [5.41, 5.74) is 3.49. The molecule has 3 aromatic rings. The van der Waals surface area contributed by atoms with E-state index >= 15 is 0 Å². The Kier molecular flexibility index (Phi) is 5.70. The lowest BCUT2D eigenvalue weighted by Crippen LogP contribution is -2.24. The summed E-state index contributed by atoms with van der Waals surface area (Å²) < 4.78 is 0. The summed E-state index contributed by atoms with van der Waals surface area (Å²) >= 11 is 1.55. The number of nitrogens with one attached hydrogen (secondary N) is 1. The fraction of sp³-hybridized carbons (Fsp3) is 0.0952. The zero-order chi connectivity index (χ0) is 16.6. The maximum Gasteiger partial charge on any atom is 0.230 e. The monoisotopic (exact) mass is 333 g/mol. The molecule has 0 aliphatic rings. The van der Waals surface area contributed by atoms with Crippen LogP contribution in [-0.4, -0.2) is 11.7 Å². The summed E-state index contributed by atoms with van der Waals surface area (Å²) in [6.07, 6.45) is 0. The lowest BCUT2D eigenvalue weighted by molar-refractivity contribution is -0.118. The Morgan fingerprint density at radius 3 is 2.00 bits per heavy atom. The summed E-state index contributed by atoms with van der Waals surface area (Å²) in [4.78, 5) is 13.1. The van der Waals surface area contributed by atoms with Crippen LogP contribution in [0, 0.1) is 0 Å². The number of thioether (sulfide) groups is 1. The number of carbonyl (C=O) groups is 1. The molecule has 0 atom stereocenters. The molecule has 3 heteroatoms. The molecule has 1 N–H and O–H groups in total.